The van der Waals surface area contributed by atoms with Gasteiger partial charge in [0, 0.05) is 42.4 Å². The summed E-state index contributed by atoms with van der Waals surface area (Å²) in [6.07, 6.45) is 10.4. The van der Waals surface area contributed by atoms with E-state index in [1.165, 1.54) is 0 Å². The lowest BCUT2D eigenvalue weighted by molar-refractivity contribution is -0.137. The quantitative estimate of drug-likeness (QED) is 0.495. The number of rotatable bonds is 8. The lowest BCUT2D eigenvalue weighted by atomic mass is 9.84. The van der Waals surface area contributed by atoms with E-state index in [2.05, 4.69) is 22.0 Å². The second-order valence-electron chi connectivity index (χ2n) is 10.1. The monoisotopic (exact) mass is 536 g/mol. The average molecular weight is 537 g/mol. The maximum absolute atomic E-state index is 11.2. The third-order valence-electron chi connectivity index (χ3n) is 7.59. The van der Waals surface area contributed by atoms with E-state index >= 15 is 0 Å². The number of carboxylic acids is 1. The van der Waals surface area contributed by atoms with Gasteiger partial charge in [-0.25, -0.2) is 0 Å². The molecule has 5 rings (SSSR count). The number of hydrogen-bond donors (Lipinski definition) is 2. The Morgan fingerprint density at radius 3 is 2.76 bits per heavy atom. The van der Waals surface area contributed by atoms with Crippen molar-refractivity contribution < 1.29 is 24.5 Å². The molecular weight excluding hydrogens is 504 g/mol. The number of aliphatic hydroxyl groups is 1. The highest BCUT2D eigenvalue weighted by atomic mass is 35.5. The first-order valence-electron chi connectivity index (χ1n) is 13.1. The van der Waals surface area contributed by atoms with Gasteiger partial charge in [-0.1, -0.05) is 35.9 Å². The molecule has 0 aliphatic carbocycles. The molecule has 7 nitrogen and oxygen atoms in total. The fourth-order valence-electron chi connectivity index (χ4n) is 5.41. The van der Waals surface area contributed by atoms with Crippen LogP contribution >= 0.6 is 11.6 Å². The minimum absolute atomic E-state index is 0.000559. The van der Waals surface area contributed by atoms with Gasteiger partial charge in [0.25, 0.3) is 0 Å². The van der Waals surface area contributed by atoms with Crippen LogP contribution in [0.5, 0.6) is 11.5 Å². The van der Waals surface area contributed by atoms with Gasteiger partial charge in [0.1, 0.15) is 18.1 Å². The van der Waals surface area contributed by atoms with Gasteiger partial charge in [-0.2, -0.15) is 0 Å². The van der Waals surface area contributed by atoms with Crippen LogP contribution in [0.25, 0.3) is 5.57 Å². The predicted octanol–water partition coefficient (Wildman–Crippen LogP) is 4.97. The Balaban J connectivity index is 1.29. The summed E-state index contributed by atoms with van der Waals surface area (Å²) in [6, 6.07) is 13.2. The molecule has 0 spiro atoms. The first-order valence-corrected chi connectivity index (χ1v) is 13.5. The van der Waals surface area contributed by atoms with Crippen molar-refractivity contribution in [3.8, 4) is 11.5 Å². The van der Waals surface area contributed by atoms with Crippen molar-refractivity contribution in [1.82, 2.24) is 4.90 Å². The lowest BCUT2D eigenvalue weighted by Gasteiger charge is -2.38. The topological polar surface area (TPSA) is 91.6 Å². The molecule has 1 fully saturated rings. The molecule has 1 saturated heterocycles. The summed E-state index contributed by atoms with van der Waals surface area (Å²) < 4.78 is 11.8. The zero-order valence-electron chi connectivity index (χ0n) is 21.3. The Morgan fingerprint density at radius 2 is 2.00 bits per heavy atom. The van der Waals surface area contributed by atoms with E-state index in [0.29, 0.717) is 30.2 Å². The molecule has 3 aliphatic rings. The molecule has 0 amide bonds. The number of fused-ring (bicyclic) bond motifs is 2. The van der Waals surface area contributed by atoms with Crippen molar-refractivity contribution in [2.24, 2.45) is 10.9 Å². The number of aliphatic carboxylic acids is 1. The number of benzene rings is 2. The molecule has 0 aromatic heterocycles. The van der Waals surface area contributed by atoms with Crippen LogP contribution in [0.15, 0.2) is 65.7 Å². The van der Waals surface area contributed by atoms with E-state index in [4.69, 9.17) is 26.2 Å². The van der Waals surface area contributed by atoms with Crippen LogP contribution in [-0.2, 0) is 10.4 Å². The number of aliphatic imine (C=N–C) groups is 1. The fraction of sp³-hybridized carbons (Fsp3) is 0.400. The summed E-state index contributed by atoms with van der Waals surface area (Å²) in [4.78, 5) is 18.0. The Morgan fingerprint density at radius 1 is 1.21 bits per heavy atom. The third kappa shape index (κ3) is 6.12. The fourth-order valence-corrected chi connectivity index (χ4v) is 5.54. The van der Waals surface area contributed by atoms with Crippen LogP contribution in [0, 0.1) is 5.92 Å². The Bertz CT molecular complexity index is 1230. The number of carboxylic acid groups (broad SMARTS) is 1. The van der Waals surface area contributed by atoms with E-state index in [0.717, 1.165) is 48.5 Å². The minimum atomic E-state index is -0.888. The van der Waals surface area contributed by atoms with Crippen molar-refractivity contribution in [2.45, 2.75) is 37.3 Å². The summed E-state index contributed by atoms with van der Waals surface area (Å²) in [5.41, 5.74) is 2.22. The molecule has 2 N–H and O–H groups in total. The molecule has 2 aromatic rings. The standard InChI is InChI=1S/C30H33ClN2O5/c31-22-7-5-21(6-8-22)30(36)12-16-33(17-13-30)15-2-4-24-25-3-1-14-32-27(25)20-38-28-10-9-23(19-26(24)28)37-18-11-29(34)35/h1,3-10,14,19,25,27,36H,2,11-13,15-18,20H2,(H,34,35)/b24-4+. The maximum Gasteiger partial charge on any atom is 0.306 e. The highest BCUT2D eigenvalue weighted by Gasteiger charge is 2.34. The summed E-state index contributed by atoms with van der Waals surface area (Å²) in [5, 5.41) is 20.8. The summed E-state index contributed by atoms with van der Waals surface area (Å²) in [7, 11) is 0. The van der Waals surface area contributed by atoms with Gasteiger partial charge < -0.3 is 24.6 Å². The van der Waals surface area contributed by atoms with Gasteiger partial charge in [0.05, 0.1) is 24.7 Å². The van der Waals surface area contributed by atoms with Crippen molar-refractivity contribution in [2.75, 3.05) is 32.8 Å². The number of nitrogens with zero attached hydrogens (tertiary/aromatic N) is 2. The molecule has 2 unspecified atom stereocenters. The number of halogens is 1. The summed E-state index contributed by atoms with van der Waals surface area (Å²) >= 11 is 6.02. The Kier molecular flexibility index (Phi) is 8.17. The van der Waals surface area contributed by atoms with Gasteiger partial charge in [0.15, 0.2) is 0 Å². The highest BCUT2D eigenvalue weighted by molar-refractivity contribution is 6.30. The Hall–Kier alpha value is -3.13. The number of dihydropyridines is 1. The number of piperidine rings is 1. The SMILES string of the molecule is O=C(O)CCOc1ccc2c(c1)/C(=C/CCN1CCC(O)(c3ccc(Cl)cc3)CC1)C1C=CC=NC1CO2. The molecule has 3 heterocycles. The van der Waals surface area contributed by atoms with E-state index in [-0.39, 0.29) is 25.0 Å². The molecule has 0 radical (unpaired) electrons. The number of likely N-dealkylation sites (tertiary alicyclic amines) is 1. The molecule has 0 bridgehead atoms. The first kappa shape index (κ1) is 26.5. The molecule has 38 heavy (non-hydrogen) atoms. The van der Waals surface area contributed by atoms with Crippen LogP contribution in [-0.4, -0.2) is 66.2 Å². The van der Waals surface area contributed by atoms with Crippen LogP contribution in [0.2, 0.25) is 5.02 Å². The van der Waals surface area contributed by atoms with E-state index < -0.39 is 11.6 Å². The number of hydrogen-bond acceptors (Lipinski definition) is 6. The van der Waals surface area contributed by atoms with Crippen LogP contribution in [0.1, 0.15) is 36.8 Å². The van der Waals surface area contributed by atoms with Gasteiger partial charge in [-0.15, -0.1) is 0 Å². The van der Waals surface area contributed by atoms with Gasteiger partial charge in [-0.3, -0.25) is 9.79 Å². The number of ether oxygens (including phenoxy) is 2. The van der Waals surface area contributed by atoms with Gasteiger partial charge >= 0.3 is 5.97 Å². The minimum Gasteiger partial charge on any atom is -0.493 e. The second-order valence-corrected chi connectivity index (χ2v) is 10.5. The largest absolute Gasteiger partial charge is 0.493 e. The summed E-state index contributed by atoms with van der Waals surface area (Å²) in [6.45, 7) is 3.13. The Labute approximate surface area is 228 Å². The molecular formula is C30H33ClN2O5. The molecule has 3 aliphatic heterocycles. The van der Waals surface area contributed by atoms with E-state index in [1.807, 2.05) is 54.8 Å². The van der Waals surface area contributed by atoms with Gasteiger partial charge in [-0.05, 0) is 66.8 Å². The smallest absolute Gasteiger partial charge is 0.306 e. The summed E-state index contributed by atoms with van der Waals surface area (Å²) in [5.74, 6) is 0.609. The zero-order valence-corrected chi connectivity index (χ0v) is 22.0. The van der Waals surface area contributed by atoms with Gasteiger partial charge in [0.2, 0.25) is 0 Å². The van der Waals surface area contributed by atoms with Crippen molar-refractivity contribution in [3.63, 3.8) is 0 Å². The number of carbonyl (C=O) groups is 1. The first-order chi connectivity index (χ1) is 18.4. The predicted molar refractivity (Wildman–Crippen MR) is 148 cm³/mol. The number of allylic oxidation sites excluding steroid dienone is 1. The van der Waals surface area contributed by atoms with Crippen LogP contribution < -0.4 is 9.47 Å². The second kappa shape index (κ2) is 11.7. The normalized spacial score (nSPS) is 23.3. The van der Waals surface area contributed by atoms with Crippen LogP contribution in [0.3, 0.4) is 0 Å². The van der Waals surface area contributed by atoms with E-state index in [1.54, 1.807) is 0 Å². The van der Waals surface area contributed by atoms with E-state index in [9.17, 15) is 9.90 Å². The zero-order chi connectivity index (χ0) is 26.5. The van der Waals surface area contributed by atoms with Crippen molar-refractivity contribution >= 4 is 29.4 Å². The average Bonchev–Trinajstić information content (AvgIpc) is 3.07. The maximum atomic E-state index is 11.2. The highest BCUT2D eigenvalue weighted by Crippen LogP contribution is 2.41. The van der Waals surface area contributed by atoms with Crippen molar-refractivity contribution in [3.05, 3.63) is 76.8 Å². The molecule has 2 aromatic carbocycles. The molecule has 8 heteroatoms. The van der Waals surface area contributed by atoms with Crippen molar-refractivity contribution in [1.29, 1.82) is 0 Å². The molecule has 200 valence electrons. The molecule has 0 saturated carbocycles. The lowest BCUT2D eigenvalue weighted by Crippen LogP contribution is -2.42. The van der Waals surface area contributed by atoms with Crippen LogP contribution in [0.4, 0.5) is 0 Å². The third-order valence-corrected chi connectivity index (χ3v) is 7.84. The molecule has 2 atom stereocenters.